The van der Waals surface area contributed by atoms with Gasteiger partial charge < -0.3 is 9.47 Å². The van der Waals surface area contributed by atoms with Crippen LogP contribution in [-0.4, -0.2) is 49.7 Å². The van der Waals surface area contributed by atoms with Gasteiger partial charge in [0.15, 0.2) is 9.84 Å². The number of hydrogen-bond donors (Lipinski definition) is 0. The second-order valence-corrected chi connectivity index (χ2v) is 9.97. The SMILES string of the molecule is COC(=O)C(CC1CCOCC1)n1ncc2c(S(=O)(=O)C3CC3)c(C)ccc21. The van der Waals surface area contributed by atoms with Gasteiger partial charge in [0.25, 0.3) is 0 Å². The zero-order valence-electron chi connectivity index (χ0n) is 16.3. The van der Waals surface area contributed by atoms with E-state index >= 15 is 0 Å². The van der Waals surface area contributed by atoms with Crippen LogP contribution in [0.2, 0.25) is 0 Å². The van der Waals surface area contributed by atoms with Gasteiger partial charge in [0, 0.05) is 18.6 Å². The zero-order valence-corrected chi connectivity index (χ0v) is 17.1. The van der Waals surface area contributed by atoms with E-state index in [9.17, 15) is 13.2 Å². The third kappa shape index (κ3) is 3.43. The van der Waals surface area contributed by atoms with E-state index in [0.717, 1.165) is 18.4 Å². The van der Waals surface area contributed by atoms with E-state index < -0.39 is 15.9 Å². The summed E-state index contributed by atoms with van der Waals surface area (Å²) in [5, 5.41) is 4.74. The molecule has 1 saturated heterocycles. The van der Waals surface area contributed by atoms with Crippen LogP contribution >= 0.6 is 0 Å². The molecule has 2 fully saturated rings. The van der Waals surface area contributed by atoms with Gasteiger partial charge in [-0.1, -0.05) is 6.07 Å². The Balaban J connectivity index is 1.77. The number of sulfone groups is 1. The van der Waals surface area contributed by atoms with Crippen molar-refractivity contribution >= 4 is 26.7 Å². The summed E-state index contributed by atoms with van der Waals surface area (Å²) in [5.74, 6) is -0.0131. The van der Waals surface area contributed by atoms with Gasteiger partial charge in [-0.25, -0.2) is 13.2 Å². The Kier molecular flexibility index (Phi) is 5.18. The Labute approximate surface area is 164 Å². The van der Waals surface area contributed by atoms with Crippen molar-refractivity contribution in [2.75, 3.05) is 20.3 Å². The summed E-state index contributed by atoms with van der Waals surface area (Å²) in [4.78, 5) is 12.9. The minimum Gasteiger partial charge on any atom is -0.467 e. The van der Waals surface area contributed by atoms with Crippen molar-refractivity contribution in [3.8, 4) is 0 Å². The fraction of sp³-hybridized carbons (Fsp3) is 0.600. The Morgan fingerprint density at radius 2 is 2.00 bits per heavy atom. The molecular weight excluding hydrogens is 380 g/mol. The molecule has 0 N–H and O–H groups in total. The predicted octanol–water partition coefficient (Wildman–Crippen LogP) is 2.81. The molecule has 28 heavy (non-hydrogen) atoms. The first-order valence-corrected chi connectivity index (χ1v) is 11.3. The topological polar surface area (TPSA) is 87.5 Å². The molecule has 2 heterocycles. The van der Waals surface area contributed by atoms with Gasteiger partial charge in [0.1, 0.15) is 6.04 Å². The van der Waals surface area contributed by atoms with Crippen LogP contribution < -0.4 is 0 Å². The summed E-state index contributed by atoms with van der Waals surface area (Å²) in [6.07, 6.45) is 5.39. The number of carbonyl (C=O) groups excluding carboxylic acids is 1. The summed E-state index contributed by atoms with van der Waals surface area (Å²) >= 11 is 0. The van der Waals surface area contributed by atoms with E-state index in [0.29, 0.717) is 54.2 Å². The van der Waals surface area contributed by atoms with Crippen molar-refractivity contribution in [3.05, 3.63) is 23.9 Å². The average Bonchev–Trinajstić information content (AvgIpc) is 3.48. The Bertz CT molecular complexity index is 987. The number of esters is 1. The number of methoxy groups -OCH3 is 1. The minimum absolute atomic E-state index is 0.293. The maximum Gasteiger partial charge on any atom is 0.330 e. The van der Waals surface area contributed by atoms with Crippen molar-refractivity contribution < 1.29 is 22.7 Å². The highest BCUT2D eigenvalue weighted by Crippen LogP contribution is 2.39. The van der Waals surface area contributed by atoms with Crippen LogP contribution in [0.25, 0.3) is 10.9 Å². The zero-order chi connectivity index (χ0) is 19.9. The van der Waals surface area contributed by atoms with Crippen LogP contribution in [0.3, 0.4) is 0 Å². The van der Waals surface area contributed by atoms with Crippen LogP contribution in [-0.2, 0) is 24.1 Å². The fourth-order valence-corrected chi connectivity index (χ4v) is 6.18. The largest absolute Gasteiger partial charge is 0.467 e. The van der Waals surface area contributed by atoms with Gasteiger partial charge >= 0.3 is 5.97 Å². The third-order valence-electron chi connectivity index (χ3n) is 5.84. The monoisotopic (exact) mass is 406 g/mol. The number of aromatic nitrogens is 2. The molecule has 2 aliphatic rings. The Hall–Kier alpha value is -1.93. The highest BCUT2D eigenvalue weighted by molar-refractivity contribution is 7.92. The number of fused-ring (bicyclic) bond motifs is 1. The lowest BCUT2D eigenvalue weighted by molar-refractivity contribution is -0.145. The summed E-state index contributed by atoms with van der Waals surface area (Å²) in [6, 6.07) is 3.08. The number of aryl methyl sites for hydroxylation is 1. The number of rotatable bonds is 6. The number of nitrogens with zero attached hydrogens (tertiary/aromatic N) is 2. The lowest BCUT2D eigenvalue weighted by Gasteiger charge is -2.26. The molecule has 0 bridgehead atoms. The minimum atomic E-state index is -3.37. The van der Waals surface area contributed by atoms with Gasteiger partial charge in [-0.15, -0.1) is 0 Å². The van der Waals surface area contributed by atoms with Crippen molar-refractivity contribution in [2.45, 2.75) is 55.2 Å². The molecule has 2 aromatic rings. The molecule has 4 rings (SSSR count). The molecule has 1 saturated carbocycles. The lowest BCUT2D eigenvalue weighted by atomic mass is 9.92. The van der Waals surface area contributed by atoms with E-state index in [2.05, 4.69) is 5.10 Å². The van der Waals surface area contributed by atoms with Crippen molar-refractivity contribution in [3.63, 3.8) is 0 Å². The van der Waals surface area contributed by atoms with Crippen LogP contribution in [0.4, 0.5) is 0 Å². The first-order valence-electron chi connectivity index (χ1n) is 9.79. The molecule has 1 aliphatic carbocycles. The number of ether oxygens (including phenoxy) is 2. The maximum atomic E-state index is 13.0. The quantitative estimate of drug-likeness (QED) is 0.686. The molecule has 8 heteroatoms. The molecular formula is C20H26N2O5S. The lowest BCUT2D eigenvalue weighted by Crippen LogP contribution is -2.27. The number of carbonyl (C=O) groups is 1. The fourth-order valence-electron chi connectivity index (χ4n) is 4.11. The summed E-state index contributed by atoms with van der Waals surface area (Å²) < 4.78 is 38.1. The standard InChI is InChI=1S/C20H26N2O5S/c1-13-3-6-17-16(19(13)28(24,25)15-4-5-15)12-21-22(17)18(20(23)26-2)11-14-7-9-27-10-8-14/h3,6,12,14-15,18H,4-5,7-11H2,1-2H3. The molecule has 1 aromatic heterocycles. The molecule has 1 atom stereocenters. The second-order valence-electron chi connectivity index (χ2n) is 7.81. The molecule has 1 aromatic carbocycles. The van der Waals surface area contributed by atoms with Crippen LogP contribution in [0.5, 0.6) is 0 Å². The molecule has 0 radical (unpaired) electrons. The number of hydrogen-bond acceptors (Lipinski definition) is 6. The molecule has 0 amide bonds. The first-order chi connectivity index (χ1) is 13.4. The van der Waals surface area contributed by atoms with Crippen LogP contribution in [0.1, 0.15) is 43.7 Å². The second kappa shape index (κ2) is 7.48. The Morgan fingerprint density at radius 3 is 2.64 bits per heavy atom. The molecule has 1 unspecified atom stereocenters. The van der Waals surface area contributed by atoms with Crippen LogP contribution in [0.15, 0.2) is 23.2 Å². The highest BCUT2D eigenvalue weighted by Gasteiger charge is 2.39. The number of benzene rings is 1. The van der Waals surface area contributed by atoms with E-state index in [1.807, 2.05) is 13.0 Å². The highest BCUT2D eigenvalue weighted by atomic mass is 32.2. The summed E-state index contributed by atoms with van der Waals surface area (Å²) in [5.41, 5.74) is 1.38. The average molecular weight is 407 g/mol. The van der Waals surface area contributed by atoms with E-state index in [1.54, 1.807) is 16.9 Å². The Morgan fingerprint density at radius 1 is 1.29 bits per heavy atom. The van der Waals surface area contributed by atoms with E-state index in [-0.39, 0.29) is 11.2 Å². The van der Waals surface area contributed by atoms with Gasteiger partial charge in [-0.2, -0.15) is 5.10 Å². The third-order valence-corrected chi connectivity index (χ3v) is 8.30. The van der Waals surface area contributed by atoms with Crippen LogP contribution in [0, 0.1) is 12.8 Å². The van der Waals surface area contributed by atoms with Gasteiger partial charge in [0.05, 0.1) is 29.0 Å². The molecule has 1 aliphatic heterocycles. The summed E-state index contributed by atoms with van der Waals surface area (Å²) in [7, 11) is -2.00. The van der Waals surface area contributed by atoms with Crippen molar-refractivity contribution in [2.24, 2.45) is 5.92 Å². The van der Waals surface area contributed by atoms with E-state index in [4.69, 9.17) is 9.47 Å². The van der Waals surface area contributed by atoms with Crippen molar-refractivity contribution in [1.29, 1.82) is 0 Å². The van der Waals surface area contributed by atoms with Crippen molar-refractivity contribution in [1.82, 2.24) is 9.78 Å². The smallest absolute Gasteiger partial charge is 0.330 e. The molecule has 7 nitrogen and oxygen atoms in total. The molecule has 0 spiro atoms. The molecule has 152 valence electrons. The van der Waals surface area contributed by atoms with Gasteiger partial charge in [0.2, 0.25) is 0 Å². The van der Waals surface area contributed by atoms with E-state index in [1.165, 1.54) is 7.11 Å². The maximum absolute atomic E-state index is 13.0. The summed E-state index contributed by atoms with van der Waals surface area (Å²) in [6.45, 7) is 3.20. The predicted molar refractivity (Wildman–Crippen MR) is 104 cm³/mol. The van der Waals surface area contributed by atoms with Gasteiger partial charge in [-0.3, -0.25) is 4.68 Å². The normalized spacial score (nSPS) is 19.6. The first kappa shape index (κ1) is 19.4. The van der Waals surface area contributed by atoms with Gasteiger partial charge in [-0.05, 0) is 56.6 Å².